The summed E-state index contributed by atoms with van der Waals surface area (Å²) in [7, 11) is -3.99. The number of hydrogen-bond donors (Lipinski definition) is 0. The lowest BCUT2D eigenvalue weighted by Crippen LogP contribution is -2.53. The number of carbonyl (C=O) groups is 2. The maximum atomic E-state index is 13.8. The van der Waals surface area contributed by atoms with Crippen LogP contribution in [-0.2, 0) is 21.4 Å². The average Bonchev–Trinajstić information content (AvgIpc) is 3.52. The fourth-order valence-electron chi connectivity index (χ4n) is 4.47. The van der Waals surface area contributed by atoms with Crippen LogP contribution in [0.15, 0.2) is 62.7 Å². The molecule has 35 heavy (non-hydrogen) atoms. The van der Waals surface area contributed by atoms with Crippen molar-refractivity contribution in [1.29, 1.82) is 0 Å². The highest BCUT2D eigenvalue weighted by molar-refractivity contribution is 7.89. The van der Waals surface area contributed by atoms with Gasteiger partial charge in [0.2, 0.25) is 15.9 Å². The summed E-state index contributed by atoms with van der Waals surface area (Å²) in [6, 6.07) is 10.3. The minimum Gasteiger partial charge on any atom is -0.468 e. The number of furan rings is 2. The number of hydrogen-bond acceptors (Lipinski definition) is 6. The first kappa shape index (κ1) is 24.7. The van der Waals surface area contributed by atoms with E-state index in [-0.39, 0.29) is 35.6 Å². The highest BCUT2D eigenvalue weighted by atomic mass is 32.2. The van der Waals surface area contributed by atoms with Crippen LogP contribution in [-0.4, -0.2) is 67.1 Å². The van der Waals surface area contributed by atoms with Crippen LogP contribution in [0, 0.1) is 20.8 Å². The minimum absolute atomic E-state index is 0.0647. The van der Waals surface area contributed by atoms with E-state index in [1.54, 1.807) is 47.9 Å². The van der Waals surface area contributed by atoms with E-state index >= 15 is 0 Å². The molecule has 0 radical (unpaired) electrons. The van der Waals surface area contributed by atoms with E-state index in [1.807, 2.05) is 19.1 Å². The number of sulfonamides is 1. The van der Waals surface area contributed by atoms with Gasteiger partial charge in [0.25, 0.3) is 5.91 Å². The number of rotatable bonds is 7. The van der Waals surface area contributed by atoms with Gasteiger partial charge in [-0.15, -0.1) is 0 Å². The molecule has 3 aromatic rings. The molecule has 0 bridgehead atoms. The second-order valence-electron chi connectivity index (χ2n) is 8.73. The van der Waals surface area contributed by atoms with Gasteiger partial charge in [-0.05, 0) is 56.2 Å². The molecular weight excluding hydrogens is 470 g/mol. The summed E-state index contributed by atoms with van der Waals surface area (Å²) in [4.78, 5) is 29.1. The van der Waals surface area contributed by atoms with E-state index in [4.69, 9.17) is 8.83 Å². The Morgan fingerprint density at radius 2 is 1.51 bits per heavy atom. The zero-order valence-corrected chi connectivity index (χ0v) is 20.9. The third-order valence-corrected chi connectivity index (χ3v) is 8.18. The Hall–Kier alpha value is -3.37. The Labute approximate surface area is 205 Å². The van der Waals surface area contributed by atoms with Crippen molar-refractivity contribution in [2.75, 3.05) is 32.7 Å². The molecule has 0 spiro atoms. The van der Waals surface area contributed by atoms with Crippen molar-refractivity contribution in [2.45, 2.75) is 32.2 Å². The lowest BCUT2D eigenvalue weighted by molar-refractivity contribution is -0.133. The van der Waals surface area contributed by atoms with Crippen LogP contribution >= 0.6 is 0 Å². The second-order valence-corrected chi connectivity index (χ2v) is 10.6. The molecule has 2 amide bonds. The second kappa shape index (κ2) is 10.1. The first-order valence-electron chi connectivity index (χ1n) is 11.4. The fourth-order valence-corrected chi connectivity index (χ4v) is 6.24. The number of nitrogens with zero attached hydrogens (tertiary/aromatic N) is 3. The molecule has 186 valence electrons. The first-order valence-corrected chi connectivity index (χ1v) is 12.8. The number of aryl methyl sites for hydroxylation is 3. The molecule has 1 aromatic carbocycles. The van der Waals surface area contributed by atoms with Crippen molar-refractivity contribution in [3.05, 3.63) is 77.1 Å². The quantitative estimate of drug-likeness (QED) is 0.495. The average molecular weight is 500 g/mol. The first-order chi connectivity index (χ1) is 16.7. The lowest BCUT2D eigenvalue weighted by Gasteiger charge is -2.35. The molecule has 1 saturated heterocycles. The topological polar surface area (TPSA) is 104 Å². The number of amides is 2. The van der Waals surface area contributed by atoms with Crippen molar-refractivity contribution < 1.29 is 26.8 Å². The number of benzene rings is 1. The van der Waals surface area contributed by atoms with E-state index in [0.717, 1.165) is 5.56 Å². The minimum atomic E-state index is -3.99. The highest BCUT2D eigenvalue weighted by Crippen LogP contribution is 2.27. The predicted octanol–water partition coefficient (Wildman–Crippen LogP) is 2.97. The summed E-state index contributed by atoms with van der Waals surface area (Å²) in [5.41, 5.74) is 2.23. The van der Waals surface area contributed by atoms with Crippen LogP contribution < -0.4 is 0 Å². The SMILES string of the molecule is Cc1cc(C)c(S(=O)(=O)N(CC(=O)N2CCN(C(=O)c3ccco3)CC2)Cc2ccco2)c(C)c1. The smallest absolute Gasteiger partial charge is 0.289 e. The summed E-state index contributed by atoms with van der Waals surface area (Å²) in [5, 5.41) is 0. The molecule has 10 heteroatoms. The summed E-state index contributed by atoms with van der Waals surface area (Å²) >= 11 is 0. The third-order valence-electron chi connectivity index (χ3n) is 6.08. The van der Waals surface area contributed by atoms with E-state index in [1.165, 1.54) is 16.8 Å². The van der Waals surface area contributed by atoms with Gasteiger partial charge in [0.15, 0.2) is 5.76 Å². The maximum Gasteiger partial charge on any atom is 0.289 e. The Bertz CT molecular complexity index is 1270. The Morgan fingerprint density at radius 1 is 0.914 bits per heavy atom. The monoisotopic (exact) mass is 499 g/mol. The fraction of sp³-hybridized carbons (Fsp3) is 0.360. The van der Waals surface area contributed by atoms with Gasteiger partial charge >= 0.3 is 0 Å². The molecule has 0 saturated carbocycles. The molecule has 4 rings (SSSR count). The number of carbonyl (C=O) groups excluding carboxylic acids is 2. The van der Waals surface area contributed by atoms with E-state index in [9.17, 15) is 18.0 Å². The van der Waals surface area contributed by atoms with Crippen LogP contribution in [0.3, 0.4) is 0 Å². The highest BCUT2D eigenvalue weighted by Gasteiger charge is 2.33. The standard InChI is InChI=1S/C25H29N3O6S/c1-18-14-19(2)24(20(3)15-18)35(31,32)28(16-21-6-4-12-33-21)17-23(29)26-8-10-27(11-9-26)25(30)22-7-5-13-34-22/h4-7,12-15H,8-11,16-17H2,1-3H3. The van der Waals surface area contributed by atoms with Gasteiger partial charge in [0.1, 0.15) is 5.76 Å². The normalized spacial score (nSPS) is 14.5. The molecular formula is C25H29N3O6S. The molecule has 0 unspecified atom stereocenters. The molecule has 1 aliphatic heterocycles. The lowest BCUT2D eigenvalue weighted by atomic mass is 10.1. The molecule has 1 aliphatic rings. The van der Waals surface area contributed by atoms with Gasteiger partial charge in [-0.2, -0.15) is 4.31 Å². The summed E-state index contributed by atoms with van der Waals surface area (Å²) in [6.07, 6.45) is 2.91. The molecule has 0 aliphatic carbocycles. The zero-order valence-electron chi connectivity index (χ0n) is 20.1. The van der Waals surface area contributed by atoms with Gasteiger partial charge in [-0.1, -0.05) is 17.7 Å². The molecule has 0 N–H and O–H groups in total. The summed E-state index contributed by atoms with van der Waals surface area (Å²) < 4.78 is 39.2. The van der Waals surface area contributed by atoms with Gasteiger partial charge in [0.05, 0.1) is 30.5 Å². The van der Waals surface area contributed by atoms with Gasteiger partial charge < -0.3 is 18.6 Å². The Morgan fingerprint density at radius 3 is 2.09 bits per heavy atom. The van der Waals surface area contributed by atoms with Crippen LogP contribution in [0.1, 0.15) is 33.0 Å². The van der Waals surface area contributed by atoms with Crippen molar-refractivity contribution in [2.24, 2.45) is 0 Å². The predicted molar refractivity (Wildman–Crippen MR) is 128 cm³/mol. The third kappa shape index (κ3) is 5.33. The summed E-state index contributed by atoms with van der Waals surface area (Å²) in [6.45, 7) is 6.33. The number of piperazine rings is 1. The van der Waals surface area contributed by atoms with E-state index in [0.29, 0.717) is 43.1 Å². The maximum absolute atomic E-state index is 13.8. The van der Waals surface area contributed by atoms with Crippen molar-refractivity contribution in [3.63, 3.8) is 0 Å². The molecule has 9 nitrogen and oxygen atoms in total. The van der Waals surface area contributed by atoms with E-state index in [2.05, 4.69) is 0 Å². The molecule has 2 aromatic heterocycles. The van der Waals surface area contributed by atoms with Crippen LogP contribution in [0.5, 0.6) is 0 Å². The van der Waals surface area contributed by atoms with Crippen molar-refractivity contribution in [3.8, 4) is 0 Å². The van der Waals surface area contributed by atoms with Crippen LogP contribution in [0.2, 0.25) is 0 Å². The Kier molecular flexibility index (Phi) is 7.13. The Balaban J connectivity index is 1.51. The van der Waals surface area contributed by atoms with Crippen LogP contribution in [0.25, 0.3) is 0 Å². The van der Waals surface area contributed by atoms with Crippen LogP contribution in [0.4, 0.5) is 0 Å². The van der Waals surface area contributed by atoms with Crippen molar-refractivity contribution >= 4 is 21.8 Å². The van der Waals surface area contributed by atoms with Gasteiger partial charge in [-0.25, -0.2) is 8.42 Å². The molecule has 0 atom stereocenters. The van der Waals surface area contributed by atoms with Gasteiger partial charge in [0, 0.05) is 26.2 Å². The zero-order chi connectivity index (χ0) is 25.2. The van der Waals surface area contributed by atoms with E-state index < -0.39 is 10.0 Å². The largest absolute Gasteiger partial charge is 0.468 e. The van der Waals surface area contributed by atoms with Gasteiger partial charge in [-0.3, -0.25) is 9.59 Å². The molecule has 3 heterocycles. The molecule has 1 fully saturated rings. The summed E-state index contributed by atoms with van der Waals surface area (Å²) in [5.74, 6) is 0.143. The van der Waals surface area contributed by atoms with Crippen molar-refractivity contribution in [1.82, 2.24) is 14.1 Å².